The van der Waals surface area contributed by atoms with E-state index in [-0.39, 0.29) is 37.4 Å². The average molecular weight is 624 g/mol. The van der Waals surface area contributed by atoms with Gasteiger partial charge in [0.2, 0.25) is 0 Å². The van der Waals surface area contributed by atoms with E-state index in [0.717, 1.165) is 4.90 Å². The van der Waals surface area contributed by atoms with Crippen molar-refractivity contribution in [1.82, 2.24) is 4.90 Å². The minimum absolute atomic E-state index is 0.237. The van der Waals surface area contributed by atoms with Crippen LogP contribution < -0.4 is 0 Å². The summed E-state index contributed by atoms with van der Waals surface area (Å²) in [5.74, 6) is -0.910. The van der Waals surface area contributed by atoms with E-state index in [4.69, 9.17) is 47.4 Å². The molecule has 1 heterocycles. The van der Waals surface area contributed by atoms with Gasteiger partial charge in [-0.1, -0.05) is 0 Å². The fourth-order valence-electron chi connectivity index (χ4n) is 3.15. The molecule has 250 valence electrons. The van der Waals surface area contributed by atoms with Crippen LogP contribution in [-0.2, 0) is 66.5 Å². The number of carbonyl (C=O) groups excluding carboxylic acids is 3. The highest BCUT2D eigenvalue weighted by molar-refractivity contribution is 6.12. The van der Waals surface area contributed by atoms with Crippen LogP contribution in [0.3, 0.4) is 0 Å². The molecule has 2 amide bonds. The van der Waals surface area contributed by atoms with Crippen molar-refractivity contribution in [2.75, 3.05) is 146 Å². The SMILES string of the molecule is COC(=O)CCOCCOCCOCCOCCOCCOCCOCCOCCOCCOCCN1C(=O)C=CC1=O. The van der Waals surface area contributed by atoms with Gasteiger partial charge in [-0.3, -0.25) is 19.3 Å². The van der Waals surface area contributed by atoms with Crippen LogP contribution >= 0.6 is 0 Å². The van der Waals surface area contributed by atoms with E-state index >= 15 is 0 Å². The Labute approximate surface area is 253 Å². The summed E-state index contributed by atoms with van der Waals surface area (Å²) in [6.07, 6.45) is 2.74. The van der Waals surface area contributed by atoms with Gasteiger partial charge in [-0.05, 0) is 0 Å². The van der Waals surface area contributed by atoms with Gasteiger partial charge >= 0.3 is 5.97 Å². The van der Waals surface area contributed by atoms with E-state index in [9.17, 15) is 14.4 Å². The van der Waals surface area contributed by atoms with Crippen molar-refractivity contribution in [3.63, 3.8) is 0 Å². The predicted octanol–water partition coefficient (Wildman–Crippen LogP) is -0.359. The summed E-state index contributed by atoms with van der Waals surface area (Å²) in [5, 5.41) is 0. The summed E-state index contributed by atoms with van der Waals surface area (Å²) in [6, 6.07) is 0. The first-order valence-electron chi connectivity index (χ1n) is 14.5. The number of hydrogen-bond acceptors (Lipinski definition) is 14. The molecule has 0 bridgehead atoms. The van der Waals surface area contributed by atoms with Crippen molar-refractivity contribution in [3.8, 4) is 0 Å². The summed E-state index contributed by atoms with van der Waals surface area (Å²) < 4.78 is 58.5. The average Bonchev–Trinajstić information content (AvgIpc) is 3.33. The van der Waals surface area contributed by atoms with E-state index in [0.29, 0.717) is 126 Å². The van der Waals surface area contributed by atoms with Crippen LogP contribution in [0.15, 0.2) is 12.2 Å². The largest absolute Gasteiger partial charge is 0.469 e. The van der Waals surface area contributed by atoms with Crippen molar-refractivity contribution in [1.29, 1.82) is 0 Å². The first-order valence-corrected chi connectivity index (χ1v) is 14.5. The van der Waals surface area contributed by atoms with Crippen LogP contribution in [0.25, 0.3) is 0 Å². The van der Waals surface area contributed by atoms with Crippen molar-refractivity contribution < 1.29 is 66.5 Å². The highest BCUT2D eigenvalue weighted by atomic mass is 16.6. The topological polar surface area (TPSA) is 156 Å². The molecule has 0 saturated carbocycles. The smallest absolute Gasteiger partial charge is 0.307 e. The van der Waals surface area contributed by atoms with Gasteiger partial charge in [-0.25, -0.2) is 0 Å². The summed E-state index contributed by atoms with van der Waals surface area (Å²) in [4.78, 5) is 34.8. The molecule has 15 heteroatoms. The first-order chi connectivity index (χ1) is 21.1. The molecule has 1 rings (SSSR count). The molecule has 0 aliphatic carbocycles. The summed E-state index contributed by atoms with van der Waals surface area (Å²) in [7, 11) is 1.35. The van der Waals surface area contributed by atoms with Crippen molar-refractivity contribution >= 4 is 17.8 Å². The molecular weight excluding hydrogens is 574 g/mol. The minimum atomic E-state index is -0.309. The molecule has 0 fully saturated rings. The number of ether oxygens (including phenoxy) is 11. The maximum absolute atomic E-state index is 11.4. The molecule has 0 spiro atoms. The number of amides is 2. The Bertz CT molecular complexity index is 706. The van der Waals surface area contributed by atoms with Gasteiger partial charge in [0.15, 0.2) is 0 Å². The maximum atomic E-state index is 11.4. The normalized spacial score (nSPS) is 13.0. The predicted molar refractivity (Wildman–Crippen MR) is 151 cm³/mol. The van der Waals surface area contributed by atoms with Crippen LogP contribution in [0, 0.1) is 0 Å². The highest BCUT2D eigenvalue weighted by Gasteiger charge is 2.22. The molecular formula is C28H49NO14. The van der Waals surface area contributed by atoms with Crippen LogP contribution in [0.1, 0.15) is 6.42 Å². The summed E-state index contributed by atoms with van der Waals surface area (Å²) in [5.41, 5.74) is 0. The molecule has 0 radical (unpaired) electrons. The third-order valence-electron chi connectivity index (χ3n) is 5.39. The summed E-state index contributed by atoms with van der Waals surface area (Å²) >= 11 is 0. The standard InChI is InChI=1S/C28H49NO14/c1-33-28(32)4-6-34-8-10-36-12-14-38-16-18-40-20-22-42-24-25-43-23-21-41-19-17-39-15-13-37-11-9-35-7-5-29-26(30)2-3-27(29)31/h2-3H,4-25H2,1H3. The lowest BCUT2D eigenvalue weighted by atomic mass is 10.5. The Balaban J connectivity index is 1.63. The lowest BCUT2D eigenvalue weighted by Gasteiger charge is -2.13. The Kier molecular flexibility index (Phi) is 27.2. The number of esters is 1. The number of carbonyl (C=O) groups is 3. The van der Waals surface area contributed by atoms with Crippen LogP contribution in [0.4, 0.5) is 0 Å². The molecule has 1 aliphatic heterocycles. The zero-order valence-electron chi connectivity index (χ0n) is 25.4. The van der Waals surface area contributed by atoms with Gasteiger partial charge in [0.05, 0.1) is 152 Å². The molecule has 0 N–H and O–H groups in total. The summed E-state index contributed by atoms with van der Waals surface area (Å²) in [6.45, 7) is 9.05. The Morgan fingerprint density at radius 2 is 0.721 bits per heavy atom. The van der Waals surface area contributed by atoms with E-state index in [1.807, 2.05) is 0 Å². The van der Waals surface area contributed by atoms with Gasteiger partial charge in [-0.2, -0.15) is 0 Å². The lowest BCUT2D eigenvalue weighted by molar-refractivity contribution is -0.142. The molecule has 43 heavy (non-hydrogen) atoms. The number of rotatable bonds is 33. The second-order valence-electron chi connectivity index (χ2n) is 8.61. The Morgan fingerprint density at radius 3 is 1.00 bits per heavy atom. The van der Waals surface area contributed by atoms with Gasteiger partial charge in [-0.15, -0.1) is 0 Å². The van der Waals surface area contributed by atoms with E-state index in [1.165, 1.54) is 19.3 Å². The second-order valence-corrected chi connectivity index (χ2v) is 8.61. The quantitative estimate of drug-likeness (QED) is 0.0531. The first kappa shape index (κ1) is 39.0. The Morgan fingerprint density at radius 1 is 0.465 bits per heavy atom. The van der Waals surface area contributed by atoms with Crippen molar-refractivity contribution in [3.05, 3.63) is 12.2 Å². The Hall–Kier alpha value is -2.05. The highest BCUT2D eigenvalue weighted by Crippen LogP contribution is 2.02. The number of hydrogen-bond donors (Lipinski definition) is 0. The fourth-order valence-corrected chi connectivity index (χ4v) is 3.15. The second kappa shape index (κ2) is 30.0. The van der Waals surface area contributed by atoms with Crippen LogP contribution in [0.5, 0.6) is 0 Å². The van der Waals surface area contributed by atoms with E-state index in [1.54, 1.807) is 0 Å². The minimum Gasteiger partial charge on any atom is -0.469 e. The lowest BCUT2D eigenvalue weighted by Crippen LogP contribution is -2.33. The molecule has 0 atom stereocenters. The number of nitrogens with zero attached hydrogens (tertiary/aromatic N) is 1. The fraction of sp³-hybridized carbons (Fsp3) is 0.821. The van der Waals surface area contributed by atoms with Gasteiger partial charge in [0, 0.05) is 12.2 Å². The number of imide groups is 1. The molecule has 1 aliphatic rings. The van der Waals surface area contributed by atoms with Gasteiger partial charge < -0.3 is 52.1 Å². The molecule has 0 unspecified atom stereocenters. The van der Waals surface area contributed by atoms with Crippen molar-refractivity contribution in [2.24, 2.45) is 0 Å². The van der Waals surface area contributed by atoms with Crippen molar-refractivity contribution in [2.45, 2.75) is 6.42 Å². The monoisotopic (exact) mass is 623 g/mol. The zero-order valence-corrected chi connectivity index (χ0v) is 25.4. The number of methoxy groups -OCH3 is 1. The maximum Gasteiger partial charge on any atom is 0.307 e. The molecule has 15 nitrogen and oxygen atoms in total. The molecule has 0 aromatic heterocycles. The van der Waals surface area contributed by atoms with Gasteiger partial charge in [0.25, 0.3) is 11.8 Å². The zero-order chi connectivity index (χ0) is 31.1. The molecule has 0 saturated heterocycles. The van der Waals surface area contributed by atoms with E-state index in [2.05, 4.69) is 4.74 Å². The van der Waals surface area contributed by atoms with Gasteiger partial charge in [0.1, 0.15) is 0 Å². The third kappa shape index (κ3) is 25.0. The molecule has 0 aromatic carbocycles. The van der Waals surface area contributed by atoms with E-state index < -0.39 is 0 Å². The molecule has 0 aromatic rings. The third-order valence-corrected chi connectivity index (χ3v) is 5.39. The van der Waals surface area contributed by atoms with Crippen LogP contribution in [-0.4, -0.2) is 168 Å². The van der Waals surface area contributed by atoms with Crippen LogP contribution in [0.2, 0.25) is 0 Å².